The zero-order valence-corrected chi connectivity index (χ0v) is 19.6. The predicted octanol–water partition coefficient (Wildman–Crippen LogP) is 4.52. The summed E-state index contributed by atoms with van der Waals surface area (Å²) in [6, 6.07) is 13.8. The molecule has 2 aliphatic rings. The molecule has 2 aliphatic heterocycles. The first-order chi connectivity index (χ1) is 15.9. The monoisotopic (exact) mass is 450 g/mol. The minimum absolute atomic E-state index is 0.0965. The number of hydrogen-bond donors (Lipinski definition) is 0. The van der Waals surface area contributed by atoms with Crippen molar-refractivity contribution in [3.63, 3.8) is 0 Å². The van der Waals surface area contributed by atoms with Crippen molar-refractivity contribution in [2.24, 2.45) is 0 Å². The minimum atomic E-state index is -0.558. The second-order valence-electron chi connectivity index (χ2n) is 8.56. The number of anilines is 1. The SMILES string of the molecule is C1COCCO1.COc1ccc(CN2C(=O)C(C)(C)c3ccc(-c4cnc(C)o4)cc32)cc1. The highest BCUT2D eigenvalue weighted by Gasteiger charge is 2.43. The second-order valence-corrected chi connectivity index (χ2v) is 8.56. The minimum Gasteiger partial charge on any atom is -0.497 e. The van der Waals surface area contributed by atoms with Crippen LogP contribution in [-0.2, 0) is 26.2 Å². The summed E-state index contributed by atoms with van der Waals surface area (Å²) in [4.78, 5) is 19.2. The number of amides is 1. The second kappa shape index (κ2) is 9.77. The Balaban J connectivity index is 0.000000376. The quantitative estimate of drug-likeness (QED) is 0.582. The van der Waals surface area contributed by atoms with Gasteiger partial charge in [0.2, 0.25) is 5.91 Å². The first kappa shape index (κ1) is 23.0. The van der Waals surface area contributed by atoms with Crippen molar-refractivity contribution in [2.45, 2.75) is 32.7 Å². The van der Waals surface area contributed by atoms with Crippen LogP contribution in [0.5, 0.6) is 5.75 Å². The van der Waals surface area contributed by atoms with Crippen LogP contribution in [0.3, 0.4) is 0 Å². The van der Waals surface area contributed by atoms with Crippen molar-refractivity contribution in [2.75, 3.05) is 38.4 Å². The first-order valence-electron chi connectivity index (χ1n) is 11.1. The van der Waals surface area contributed by atoms with Gasteiger partial charge >= 0.3 is 0 Å². The lowest BCUT2D eigenvalue weighted by molar-refractivity contribution is -0.122. The smallest absolute Gasteiger partial charge is 0.237 e. The largest absolute Gasteiger partial charge is 0.497 e. The zero-order chi connectivity index (χ0) is 23.4. The summed E-state index contributed by atoms with van der Waals surface area (Å²) in [5, 5.41) is 0. The molecule has 0 N–H and O–H groups in total. The number of carbonyl (C=O) groups is 1. The number of oxazole rings is 1. The van der Waals surface area contributed by atoms with Gasteiger partial charge < -0.3 is 23.5 Å². The highest BCUT2D eigenvalue weighted by molar-refractivity contribution is 6.08. The molecule has 0 unspecified atom stereocenters. The van der Waals surface area contributed by atoms with Crippen LogP contribution in [0, 0.1) is 6.92 Å². The highest BCUT2D eigenvalue weighted by atomic mass is 16.6. The Kier molecular flexibility index (Phi) is 6.81. The predicted molar refractivity (Wildman–Crippen MR) is 126 cm³/mol. The molecule has 7 heteroatoms. The molecule has 7 nitrogen and oxygen atoms in total. The summed E-state index contributed by atoms with van der Waals surface area (Å²) in [6.07, 6.45) is 1.72. The van der Waals surface area contributed by atoms with Crippen LogP contribution in [0.2, 0.25) is 0 Å². The van der Waals surface area contributed by atoms with Crippen LogP contribution in [-0.4, -0.2) is 44.4 Å². The van der Waals surface area contributed by atoms with E-state index in [1.807, 2.05) is 68.1 Å². The average molecular weight is 451 g/mol. The molecule has 5 rings (SSSR count). The third-order valence-corrected chi connectivity index (χ3v) is 5.89. The normalized spacial score (nSPS) is 16.7. The van der Waals surface area contributed by atoms with E-state index in [9.17, 15) is 4.79 Å². The molecule has 0 saturated carbocycles. The maximum atomic E-state index is 13.1. The molecule has 174 valence electrons. The Morgan fingerprint density at radius 2 is 1.70 bits per heavy atom. The molecule has 3 aromatic rings. The number of nitrogens with zero attached hydrogens (tertiary/aromatic N) is 2. The number of benzene rings is 2. The summed E-state index contributed by atoms with van der Waals surface area (Å²) in [6.45, 7) is 9.39. The van der Waals surface area contributed by atoms with Crippen molar-refractivity contribution >= 4 is 11.6 Å². The molecule has 33 heavy (non-hydrogen) atoms. The molecule has 0 bridgehead atoms. The van der Waals surface area contributed by atoms with E-state index in [1.54, 1.807) is 13.3 Å². The Morgan fingerprint density at radius 1 is 1.03 bits per heavy atom. The summed E-state index contributed by atoms with van der Waals surface area (Å²) in [5.74, 6) is 2.23. The molecule has 0 radical (unpaired) electrons. The highest BCUT2D eigenvalue weighted by Crippen LogP contribution is 2.44. The topological polar surface area (TPSA) is 74.0 Å². The van der Waals surface area contributed by atoms with E-state index in [-0.39, 0.29) is 5.91 Å². The van der Waals surface area contributed by atoms with Crippen LogP contribution >= 0.6 is 0 Å². The molecule has 0 aliphatic carbocycles. The maximum absolute atomic E-state index is 13.1. The Hall–Kier alpha value is -3.16. The van der Waals surface area contributed by atoms with E-state index >= 15 is 0 Å². The lowest BCUT2D eigenvalue weighted by Crippen LogP contribution is -2.35. The van der Waals surface area contributed by atoms with Gasteiger partial charge in [0.15, 0.2) is 11.7 Å². The summed E-state index contributed by atoms with van der Waals surface area (Å²) < 4.78 is 20.8. The lowest BCUT2D eigenvalue weighted by atomic mass is 9.86. The third kappa shape index (κ3) is 4.94. The third-order valence-electron chi connectivity index (χ3n) is 5.89. The average Bonchev–Trinajstić information content (AvgIpc) is 3.36. The van der Waals surface area contributed by atoms with E-state index in [0.717, 1.165) is 54.6 Å². The van der Waals surface area contributed by atoms with Gasteiger partial charge in [0.05, 0.1) is 51.7 Å². The number of aryl methyl sites for hydroxylation is 1. The molecule has 0 spiro atoms. The standard InChI is InChI=1S/C22H22N2O3.C4H8O2/c1-14-23-12-20(27-14)16-7-10-18-19(11-16)24(21(25)22(18,2)3)13-15-5-8-17(26-4)9-6-15;1-2-6-4-3-5-1/h5-12H,13H2,1-4H3;1-4H2. The number of fused-ring (bicyclic) bond motifs is 1. The van der Waals surface area contributed by atoms with Crippen LogP contribution in [0.1, 0.15) is 30.9 Å². The number of rotatable bonds is 4. The van der Waals surface area contributed by atoms with Gasteiger partial charge in [-0.3, -0.25) is 4.79 Å². The van der Waals surface area contributed by atoms with E-state index in [4.69, 9.17) is 18.6 Å². The fourth-order valence-electron chi connectivity index (χ4n) is 4.00. The molecule has 3 heterocycles. The van der Waals surface area contributed by atoms with Crippen molar-refractivity contribution in [1.82, 2.24) is 4.98 Å². The number of methoxy groups -OCH3 is 1. The first-order valence-corrected chi connectivity index (χ1v) is 11.1. The maximum Gasteiger partial charge on any atom is 0.237 e. The van der Waals surface area contributed by atoms with E-state index in [0.29, 0.717) is 18.2 Å². The number of aromatic nitrogens is 1. The van der Waals surface area contributed by atoms with Crippen LogP contribution in [0.15, 0.2) is 53.1 Å². The molecule has 1 saturated heterocycles. The molecule has 0 atom stereocenters. The van der Waals surface area contributed by atoms with Gasteiger partial charge in [-0.05, 0) is 43.2 Å². The van der Waals surface area contributed by atoms with Crippen LogP contribution < -0.4 is 9.64 Å². The number of carbonyl (C=O) groups excluding carboxylic acids is 1. The fourth-order valence-corrected chi connectivity index (χ4v) is 4.00. The van der Waals surface area contributed by atoms with Crippen LogP contribution in [0.4, 0.5) is 5.69 Å². The van der Waals surface area contributed by atoms with E-state index in [2.05, 4.69) is 4.98 Å². The van der Waals surface area contributed by atoms with Gasteiger partial charge in [0.1, 0.15) is 5.75 Å². The van der Waals surface area contributed by atoms with Gasteiger partial charge in [-0.1, -0.05) is 24.3 Å². The molecular weight excluding hydrogens is 420 g/mol. The zero-order valence-electron chi connectivity index (χ0n) is 19.6. The van der Waals surface area contributed by atoms with Gasteiger partial charge in [0, 0.05) is 18.2 Å². The van der Waals surface area contributed by atoms with Gasteiger partial charge in [-0.15, -0.1) is 0 Å². The number of ether oxygens (including phenoxy) is 3. The number of hydrogen-bond acceptors (Lipinski definition) is 6. The van der Waals surface area contributed by atoms with Gasteiger partial charge in [-0.25, -0.2) is 4.98 Å². The summed E-state index contributed by atoms with van der Waals surface area (Å²) in [7, 11) is 1.64. The molecule has 1 amide bonds. The Morgan fingerprint density at radius 3 is 2.24 bits per heavy atom. The van der Waals surface area contributed by atoms with E-state index < -0.39 is 5.41 Å². The van der Waals surface area contributed by atoms with Gasteiger partial charge in [-0.2, -0.15) is 0 Å². The summed E-state index contributed by atoms with van der Waals surface area (Å²) in [5.41, 5.74) is 3.36. The van der Waals surface area contributed by atoms with Crippen LogP contribution in [0.25, 0.3) is 11.3 Å². The van der Waals surface area contributed by atoms with Crippen molar-refractivity contribution in [3.8, 4) is 17.1 Å². The lowest BCUT2D eigenvalue weighted by Gasteiger charge is -2.20. The van der Waals surface area contributed by atoms with Crippen molar-refractivity contribution in [3.05, 3.63) is 65.7 Å². The molecular formula is C26H30N2O5. The van der Waals surface area contributed by atoms with Crippen molar-refractivity contribution in [1.29, 1.82) is 0 Å². The summed E-state index contributed by atoms with van der Waals surface area (Å²) >= 11 is 0. The Labute approximate surface area is 194 Å². The molecule has 2 aromatic carbocycles. The molecule has 1 aromatic heterocycles. The van der Waals surface area contributed by atoms with Gasteiger partial charge in [0.25, 0.3) is 0 Å². The Bertz CT molecular complexity index is 1090. The van der Waals surface area contributed by atoms with E-state index in [1.165, 1.54) is 0 Å². The van der Waals surface area contributed by atoms with Crippen molar-refractivity contribution < 1.29 is 23.4 Å². The molecule has 1 fully saturated rings. The fraction of sp³-hybridized carbons (Fsp3) is 0.385.